The zero-order valence-electron chi connectivity index (χ0n) is 20.9. The number of rotatable bonds is 12. The van der Waals surface area contributed by atoms with Crippen LogP contribution in [0, 0.1) is 12.8 Å². The maximum absolute atomic E-state index is 13.0. The smallest absolute Gasteiger partial charge is 0.404 e. The van der Waals surface area contributed by atoms with Gasteiger partial charge in [0.2, 0.25) is 0 Å². The summed E-state index contributed by atoms with van der Waals surface area (Å²) in [4.78, 5) is 23.8. The second-order valence-corrected chi connectivity index (χ2v) is 9.56. The Kier molecular flexibility index (Phi) is 11.0. The van der Waals surface area contributed by atoms with Crippen LogP contribution in [0.15, 0.2) is 42.5 Å². The summed E-state index contributed by atoms with van der Waals surface area (Å²) in [5, 5.41) is 18.1. The van der Waals surface area contributed by atoms with Crippen LogP contribution in [0.1, 0.15) is 52.4 Å². The fourth-order valence-corrected chi connectivity index (χ4v) is 4.63. The number of ether oxygens (including phenoxy) is 2. The van der Waals surface area contributed by atoms with Crippen LogP contribution < -0.4 is 16.0 Å². The largest absolute Gasteiger partial charge is 0.465 e. The molecule has 4 N–H and O–H groups in total. The van der Waals surface area contributed by atoms with Crippen LogP contribution in [0.4, 0.5) is 4.79 Å². The maximum Gasteiger partial charge on any atom is 0.404 e. The van der Waals surface area contributed by atoms with Gasteiger partial charge in [0.15, 0.2) is 0 Å². The van der Waals surface area contributed by atoms with Crippen LogP contribution in [0.5, 0.6) is 0 Å². The van der Waals surface area contributed by atoms with E-state index in [1.807, 2.05) is 50.4 Å². The van der Waals surface area contributed by atoms with Gasteiger partial charge in [0.25, 0.3) is 5.91 Å². The minimum atomic E-state index is -1.11. The molecule has 1 heterocycles. The number of hydrogen-bond donors (Lipinski definition) is 4. The molecule has 1 aliphatic heterocycles. The summed E-state index contributed by atoms with van der Waals surface area (Å²) in [5.41, 5.74) is 3.16. The van der Waals surface area contributed by atoms with Crippen molar-refractivity contribution in [3.05, 3.63) is 69.7 Å². The average molecular weight is 518 g/mol. The maximum atomic E-state index is 13.0. The zero-order chi connectivity index (χ0) is 25.9. The van der Waals surface area contributed by atoms with Crippen molar-refractivity contribution in [2.45, 2.75) is 38.3 Å². The molecule has 2 amide bonds. The molecule has 0 saturated carbocycles. The normalized spacial score (nSPS) is 17.2. The molecular formula is C27H36ClN3O5. The molecule has 0 radical (unpaired) electrons. The fraction of sp³-hybridized carbons (Fsp3) is 0.481. The van der Waals surface area contributed by atoms with E-state index in [-0.39, 0.29) is 25.1 Å². The lowest BCUT2D eigenvalue weighted by atomic mass is 9.94. The first-order valence-corrected chi connectivity index (χ1v) is 12.7. The van der Waals surface area contributed by atoms with E-state index in [0.29, 0.717) is 23.0 Å². The fourth-order valence-electron chi connectivity index (χ4n) is 4.45. The molecule has 2 aromatic rings. The number of halogens is 1. The van der Waals surface area contributed by atoms with E-state index in [1.165, 1.54) is 0 Å². The van der Waals surface area contributed by atoms with Gasteiger partial charge in [-0.3, -0.25) is 4.79 Å². The lowest BCUT2D eigenvalue weighted by molar-refractivity contribution is 0.0478. The van der Waals surface area contributed by atoms with Crippen LogP contribution in [-0.2, 0) is 9.47 Å². The molecule has 36 heavy (non-hydrogen) atoms. The second-order valence-electron chi connectivity index (χ2n) is 9.12. The number of amides is 2. The lowest BCUT2D eigenvalue weighted by Gasteiger charge is -2.26. The Morgan fingerprint density at radius 1 is 1.22 bits per heavy atom. The molecule has 3 rings (SSSR count). The van der Waals surface area contributed by atoms with Gasteiger partial charge in [-0.25, -0.2) is 4.79 Å². The van der Waals surface area contributed by atoms with Crippen molar-refractivity contribution >= 4 is 23.6 Å². The molecule has 1 aliphatic rings. The average Bonchev–Trinajstić information content (AvgIpc) is 2.88. The summed E-state index contributed by atoms with van der Waals surface area (Å²) >= 11 is 6.26. The number of carbonyl (C=O) groups is 2. The molecule has 1 saturated heterocycles. The third-order valence-corrected chi connectivity index (χ3v) is 6.66. The van der Waals surface area contributed by atoms with Gasteiger partial charge in [0.1, 0.15) is 6.10 Å². The van der Waals surface area contributed by atoms with Gasteiger partial charge in [-0.1, -0.05) is 29.8 Å². The third kappa shape index (κ3) is 8.48. The van der Waals surface area contributed by atoms with E-state index in [1.54, 1.807) is 6.07 Å². The van der Waals surface area contributed by atoms with Gasteiger partial charge >= 0.3 is 6.09 Å². The van der Waals surface area contributed by atoms with Crippen molar-refractivity contribution in [3.8, 4) is 0 Å². The summed E-state index contributed by atoms with van der Waals surface area (Å²) < 4.78 is 11.7. The molecule has 196 valence electrons. The molecule has 1 fully saturated rings. The molecule has 3 atom stereocenters. The van der Waals surface area contributed by atoms with Crippen LogP contribution >= 0.6 is 11.6 Å². The van der Waals surface area contributed by atoms with E-state index in [0.717, 1.165) is 49.2 Å². The van der Waals surface area contributed by atoms with Crippen molar-refractivity contribution in [1.29, 1.82) is 0 Å². The first-order valence-electron chi connectivity index (χ1n) is 12.3. The molecule has 2 aromatic carbocycles. The topological polar surface area (TPSA) is 109 Å². The summed E-state index contributed by atoms with van der Waals surface area (Å²) in [6.45, 7) is 4.40. The van der Waals surface area contributed by atoms with Crippen molar-refractivity contribution in [3.63, 3.8) is 0 Å². The quantitative estimate of drug-likeness (QED) is 0.315. The van der Waals surface area contributed by atoms with Crippen LogP contribution in [-0.4, -0.2) is 63.1 Å². The first-order chi connectivity index (χ1) is 17.4. The first kappa shape index (κ1) is 27.9. The monoisotopic (exact) mass is 517 g/mol. The van der Waals surface area contributed by atoms with E-state index < -0.39 is 12.2 Å². The highest BCUT2D eigenvalue weighted by molar-refractivity contribution is 6.30. The second kappa shape index (κ2) is 14.2. The highest BCUT2D eigenvalue weighted by atomic mass is 35.5. The van der Waals surface area contributed by atoms with Crippen molar-refractivity contribution in [2.24, 2.45) is 5.92 Å². The molecule has 0 aromatic heterocycles. The summed E-state index contributed by atoms with van der Waals surface area (Å²) in [6.07, 6.45) is 1.57. The van der Waals surface area contributed by atoms with Crippen molar-refractivity contribution < 1.29 is 24.2 Å². The molecule has 0 aliphatic carbocycles. The Morgan fingerprint density at radius 3 is 2.78 bits per heavy atom. The van der Waals surface area contributed by atoms with Gasteiger partial charge in [-0.2, -0.15) is 0 Å². The number of benzene rings is 2. The third-order valence-electron chi connectivity index (χ3n) is 6.43. The predicted octanol–water partition coefficient (Wildman–Crippen LogP) is 4.16. The van der Waals surface area contributed by atoms with E-state index >= 15 is 0 Å². The number of likely N-dealkylation sites (N-methyl/N-ethyl adjacent to an activating group) is 1. The number of aryl methyl sites for hydroxylation is 1. The van der Waals surface area contributed by atoms with Crippen molar-refractivity contribution in [2.75, 3.05) is 40.0 Å². The minimum absolute atomic E-state index is 0.142. The van der Waals surface area contributed by atoms with E-state index in [4.69, 9.17) is 26.2 Å². The Bertz CT molecular complexity index is 1010. The van der Waals surface area contributed by atoms with Crippen LogP contribution in [0.2, 0.25) is 5.02 Å². The standard InChI is InChI=1S/C27H36ClN3O5/c1-18-8-9-22(28)15-24(18)25(36-12-10-30-27(33)34)20-6-3-7-21(14-20)26(32)31-16-23(29-2)13-19-5-4-11-35-17-19/h3,6-9,14-15,19,23,25,29-30H,4-5,10-13,16-17H2,1-2H3,(H,31,32)(H,33,34)/t19-,23+,25?/m1/s1. The summed E-state index contributed by atoms with van der Waals surface area (Å²) in [7, 11) is 1.91. The highest BCUT2D eigenvalue weighted by Gasteiger charge is 2.21. The summed E-state index contributed by atoms with van der Waals surface area (Å²) in [6, 6.07) is 13.0. The Morgan fingerprint density at radius 2 is 2.06 bits per heavy atom. The molecule has 0 spiro atoms. The van der Waals surface area contributed by atoms with Crippen molar-refractivity contribution in [1.82, 2.24) is 16.0 Å². The Hall–Kier alpha value is -2.65. The molecule has 9 heteroatoms. The molecule has 8 nitrogen and oxygen atoms in total. The van der Waals surface area contributed by atoms with Gasteiger partial charge in [0, 0.05) is 42.9 Å². The predicted molar refractivity (Wildman–Crippen MR) is 140 cm³/mol. The van der Waals surface area contributed by atoms with Gasteiger partial charge in [-0.05, 0) is 80.1 Å². The van der Waals surface area contributed by atoms with E-state index in [9.17, 15) is 9.59 Å². The zero-order valence-corrected chi connectivity index (χ0v) is 21.6. The number of carboxylic acid groups (broad SMARTS) is 1. The number of hydrogen-bond acceptors (Lipinski definition) is 5. The molecule has 0 bridgehead atoms. The highest BCUT2D eigenvalue weighted by Crippen LogP contribution is 2.31. The Labute approximate surface area is 217 Å². The minimum Gasteiger partial charge on any atom is -0.465 e. The molecular weight excluding hydrogens is 482 g/mol. The molecule has 1 unspecified atom stereocenters. The van der Waals surface area contributed by atoms with Gasteiger partial charge < -0.3 is 30.5 Å². The van der Waals surface area contributed by atoms with Crippen LogP contribution in [0.25, 0.3) is 0 Å². The van der Waals surface area contributed by atoms with E-state index in [2.05, 4.69) is 16.0 Å². The lowest BCUT2D eigenvalue weighted by Crippen LogP contribution is -2.41. The van der Waals surface area contributed by atoms with Gasteiger partial charge in [-0.15, -0.1) is 0 Å². The van der Waals surface area contributed by atoms with Crippen LogP contribution in [0.3, 0.4) is 0 Å². The SMILES string of the molecule is CN[C@H](CNC(=O)c1cccc(C(OCCNC(=O)O)c2cc(Cl)ccc2C)c1)C[C@H]1CCCOC1. The Balaban J connectivity index is 1.71. The number of nitrogens with one attached hydrogen (secondary N) is 3. The van der Waals surface area contributed by atoms with Gasteiger partial charge in [0.05, 0.1) is 6.61 Å². The summed E-state index contributed by atoms with van der Waals surface area (Å²) in [5.74, 6) is 0.344. The number of carbonyl (C=O) groups excluding carboxylic acids is 1.